The lowest BCUT2D eigenvalue weighted by Crippen LogP contribution is -2.35. The first-order valence-electron chi connectivity index (χ1n) is 5.84. The van der Waals surface area contributed by atoms with Crippen molar-refractivity contribution in [1.29, 1.82) is 0 Å². The topological polar surface area (TPSA) is 12.0 Å². The molecule has 3 heteroatoms. The van der Waals surface area contributed by atoms with E-state index in [1.54, 1.807) is 13.0 Å². The number of nitrogens with one attached hydrogen (secondary N) is 1. The first-order chi connectivity index (χ1) is 7.66. The van der Waals surface area contributed by atoms with E-state index in [4.69, 9.17) is 0 Å². The SMILES string of the molecule is Cc1cc(CC2CCCCN2)cc(F)c1F. The average molecular weight is 225 g/mol. The minimum atomic E-state index is -0.731. The molecule has 1 aliphatic heterocycles. The molecule has 0 bridgehead atoms. The highest BCUT2D eigenvalue weighted by molar-refractivity contribution is 5.26. The van der Waals surface area contributed by atoms with Crippen LogP contribution in [0, 0.1) is 18.6 Å². The molecule has 1 fully saturated rings. The number of piperidine rings is 1. The summed E-state index contributed by atoms with van der Waals surface area (Å²) < 4.78 is 26.3. The molecule has 1 N–H and O–H groups in total. The molecular weight excluding hydrogens is 208 g/mol. The van der Waals surface area contributed by atoms with Crippen molar-refractivity contribution in [1.82, 2.24) is 5.32 Å². The van der Waals surface area contributed by atoms with Gasteiger partial charge < -0.3 is 5.32 Å². The molecule has 0 aromatic heterocycles. The summed E-state index contributed by atoms with van der Waals surface area (Å²) in [6.07, 6.45) is 4.35. The Bertz CT molecular complexity index is 347. The van der Waals surface area contributed by atoms with Gasteiger partial charge in [0.2, 0.25) is 0 Å². The summed E-state index contributed by atoms with van der Waals surface area (Å²) in [5.41, 5.74) is 1.28. The summed E-state index contributed by atoms with van der Waals surface area (Å²) >= 11 is 0. The molecule has 1 aromatic carbocycles. The van der Waals surface area contributed by atoms with E-state index < -0.39 is 11.6 Å². The van der Waals surface area contributed by atoms with Crippen LogP contribution in [0.1, 0.15) is 30.4 Å². The van der Waals surface area contributed by atoms with Gasteiger partial charge in [0.15, 0.2) is 11.6 Å². The molecular formula is C13H17F2N. The highest BCUT2D eigenvalue weighted by Crippen LogP contribution is 2.18. The second-order valence-corrected chi connectivity index (χ2v) is 4.56. The lowest BCUT2D eigenvalue weighted by molar-refractivity contribution is 0.398. The third kappa shape index (κ3) is 2.59. The normalized spacial score (nSPS) is 21.1. The van der Waals surface area contributed by atoms with Crippen molar-refractivity contribution < 1.29 is 8.78 Å². The van der Waals surface area contributed by atoms with Crippen molar-refractivity contribution in [2.75, 3.05) is 6.54 Å². The standard InChI is InChI=1S/C13H17F2N/c1-9-6-10(8-12(14)13(9)15)7-11-4-2-3-5-16-11/h6,8,11,16H,2-5,7H2,1H3. The Morgan fingerprint density at radius 1 is 1.31 bits per heavy atom. The fourth-order valence-corrected chi connectivity index (χ4v) is 2.30. The summed E-state index contributed by atoms with van der Waals surface area (Å²) in [4.78, 5) is 0. The zero-order valence-electron chi connectivity index (χ0n) is 9.52. The van der Waals surface area contributed by atoms with Crippen molar-refractivity contribution in [3.05, 3.63) is 34.9 Å². The smallest absolute Gasteiger partial charge is 0.161 e. The van der Waals surface area contributed by atoms with Gasteiger partial charge in [-0.2, -0.15) is 0 Å². The summed E-state index contributed by atoms with van der Waals surface area (Å²) in [5.74, 6) is -1.45. The van der Waals surface area contributed by atoms with Gasteiger partial charge in [-0.05, 0) is 49.9 Å². The predicted octanol–water partition coefficient (Wildman–Crippen LogP) is 2.96. The first kappa shape index (κ1) is 11.5. The van der Waals surface area contributed by atoms with E-state index in [2.05, 4.69) is 5.32 Å². The predicted molar refractivity (Wildman–Crippen MR) is 60.4 cm³/mol. The van der Waals surface area contributed by atoms with E-state index in [1.165, 1.54) is 18.9 Å². The van der Waals surface area contributed by atoms with E-state index in [9.17, 15) is 8.78 Å². The van der Waals surface area contributed by atoms with Gasteiger partial charge in [-0.25, -0.2) is 8.78 Å². The molecule has 0 aliphatic carbocycles. The first-order valence-corrected chi connectivity index (χ1v) is 5.84. The Hall–Kier alpha value is -0.960. The number of hydrogen-bond acceptors (Lipinski definition) is 1. The quantitative estimate of drug-likeness (QED) is 0.816. The Kier molecular flexibility index (Phi) is 3.54. The van der Waals surface area contributed by atoms with Crippen LogP contribution in [0.25, 0.3) is 0 Å². The van der Waals surface area contributed by atoms with Crippen molar-refractivity contribution in [2.45, 2.75) is 38.6 Å². The van der Waals surface area contributed by atoms with Gasteiger partial charge in [0.05, 0.1) is 0 Å². The lowest BCUT2D eigenvalue weighted by atomic mass is 9.97. The van der Waals surface area contributed by atoms with Gasteiger partial charge in [0.25, 0.3) is 0 Å². The molecule has 16 heavy (non-hydrogen) atoms. The molecule has 1 unspecified atom stereocenters. The molecule has 1 atom stereocenters. The summed E-state index contributed by atoms with van der Waals surface area (Å²) in [6.45, 7) is 2.64. The van der Waals surface area contributed by atoms with Crippen LogP contribution in [-0.2, 0) is 6.42 Å². The third-order valence-corrected chi connectivity index (χ3v) is 3.16. The number of hydrogen-bond donors (Lipinski definition) is 1. The Morgan fingerprint density at radius 3 is 2.75 bits per heavy atom. The van der Waals surface area contributed by atoms with Crippen molar-refractivity contribution >= 4 is 0 Å². The lowest BCUT2D eigenvalue weighted by Gasteiger charge is -2.23. The maximum Gasteiger partial charge on any atom is 0.161 e. The summed E-state index contributed by atoms with van der Waals surface area (Å²) in [6, 6.07) is 3.48. The van der Waals surface area contributed by atoms with E-state index >= 15 is 0 Å². The Labute approximate surface area is 94.9 Å². The number of benzene rings is 1. The van der Waals surface area contributed by atoms with E-state index in [0.29, 0.717) is 11.6 Å². The van der Waals surface area contributed by atoms with Gasteiger partial charge in [0.1, 0.15) is 0 Å². The van der Waals surface area contributed by atoms with Gasteiger partial charge >= 0.3 is 0 Å². The summed E-state index contributed by atoms with van der Waals surface area (Å²) in [7, 11) is 0. The van der Waals surface area contributed by atoms with Gasteiger partial charge in [-0.15, -0.1) is 0 Å². The molecule has 0 radical (unpaired) electrons. The maximum atomic E-state index is 13.2. The molecule has 0 saturated carbocycles. The van der Waals surface area contributed by atoms with Crippen LogP contribution < -0.4 is 5.32 Å². The van der Waals surface area contributed by atoms with Crippen molar-refractivity contribution in [3.63, 3.8) is 0 Å². The molecule has 1 heterocycles. The minimum absolute atomic E-state index is 0.394. The van der Waals surface area contributed by atoms with Crippen molar-refractivity contribution in [2.24, 2.45) is 0 Å². The van der Waals surface area contributed by atoms with Crippen LogP contribution in [0.15, 0.2) is 12.1 Å². The molecule has 0 amide bonds. The van der Waals surface area contributed by atoms with Crippen LogP contribution in [0.3, 0.4) is 0 Å². The Morgan fingerprint density at radius 2 is 2.12 bits per heavy atom. The van der Waals surface area contributed by atoms with Crippen molar-refractivity contribution in [3.8, 4) is 0 Å². The highest BCUT2D eigenvalue weighted by Gasteiger charge is 2.15. The molecule has 2 rings (SSSR count). The fraction of sp³-hybridized carbons (Fsp3) is 0.538. The molecule has 1 aromatic rings. The minimum Gasteiger partial charge on any atom is -0.314 e. The number of aryl methyl sites for hydroxylation is 1. The van der Waals surface area contributed by atoms with E-state index in [-0.39, 0.29) is 0 Å². The van der Waals surface area contributed by atoms with Gasteiger partial charge in [-0.3, -0.25) is 0 Å². The zero-order chi connectivity index (χ0) is 11.5. The monoisotopic (exact) mass is 225 g/mol. The van der Waals surface area contributed by atoms with Gasteiger partial charge in [0, 0.05) is 6.04 Å². The van der Waals surface area contributed by atoms with E-state index in [0.717, 1.165) is 24.9 Å². The molecule has 1 nitrogen and oxygen atoms in total. The molecule has 88 valence electrons. The maximum absolute atomic E-state index is 13.2. The third-order valence-electron chi connectivity index (χ3n) is 3.16. The summed E-state index contributed by atoms with van der Waals surface area (Å²) in [5, 5.41) is 3.40. The molecule has 1 saturated heterocycles. The molecule has 0 spiro atoms. The van der Waals surface area contributed by atoms with Crippen LogP contribution in [0.4, 0.5) is 8.78 Å². The second-order valence-electron chi connectivity index (χ2n) is 4.56. The van der Waals surface area contributed by atoms with E-state index in [1.807, 2.05) is 0 Å². The second kappa shape index (κ2) is 4.91. The fourth-order valence-electron chi connectivity index (χ4n) is 2.30. The van der Waals surface area contributed by atoms with Crippen LogP contribution in [-0.4, -0.2) is 12.6 Å². The largest absolute Gasteiger partial charge is 0.314 e. The Balaban J connectivity index is 2.09. The molecule has 1 aliphatic rings. The zero-order valence-corrected chi connectivity index (χ0v) is 9.52. The highest BCUT2D eigenvalue weighted by atomic mass is 19.2. The average Bonchev–Trinajstić information content (AvgIpc) is 2.27. The van der Waals surface area contributed by atoms with Crippen LogP contribution in [0.2, 0.25) is 0 Å². The van der Waals surface area contributed by atoms with Gasteiger partial charge in [-0.1, -0.05) is 12.5 Å². The number of rotatable bonds is 2. The van der Waals surface area contributed by atoms with Crippen LogP contribution >= 0.6 is 0 Å². The number of halogens is 2. The van der Waals surface area contributed by atoms with Crippen LogP contribution in [0.5, 0.6) is 0 Å².